The normalized spacial score (nSPS) is 21.1. The first-order chi connectivity index (χ1) is 12.6. The molecule has 1 saturated heterocycles. The summed E-state index contributed by atoms with van der Waals surface area (Å²) in [5.41, 5.74) is -0.349. The van der Waals surface area contributed by atoms with Gasteiger partial charge in [0.2, 0.25) is 0 Å². The van der Waals surface area contributed by atoms with Gasteiger partial charge in [0.15, 0.2) is 15.3 Å². The molecule has 27 heavy (non-hydrogen) atoms. The molecule has 5 nitrogen and oxygen atoms in total. The summed E-state index contributed by atoms with van der Waals surface area (Å²) in [5, 5.41) is 2.85. The lowest BCUT2D eigenvalue weighted by atomic mass is 9.80. The van der Waals surface area contributed by atoms with Gasteiger partial charge in [-0.05, 0) is 30.2 Å². The number of halogens is 3. The van der Waals surface area contributed by atoms with Gasteiger partial charge in [0.1, 0.15) is 0 Å². The molecule has 0 aliphatic carbocycles. The molecule has 2 aromatic carbocycles. The zero-order valence-corrected chi connectivity index (χ0v) is 14.8. The molecule has 142 valence electrons. The molecule has 2 aliphatic heterocycles. The van der Waals surface area contributed by atoms with Crippen molar-refractivity contribution in [3.05, 3.63) is 65.2 Å². The van der Waals surface area contributed by atoms with Crippen molar-refractivity contribution in [3.8, 4) is 0 Å². The van der Waals surface area contributed by atoms with Crippen LogP contribution >= 0.6 is 0 Å². The average Bonchev–Trinajstić information content (AvgIpc) is 2.59. The fourth-order valence-electron chi connectivity index (χ4n) is 3.58. The van der Waals surface area contributed by atoms with Crippen molar-refractivity contribution in [2.24, 2.45) is 0 Å². The lowest BCUT2D eigenvalue weighted by molar-refractivity contribution is -0.137. The molecule has 0 bridgehead atoms. The Hall–Kier alpha value is -2.23. The highest BCUT2D eigenvalue weighted by Crippen LogP contribution is 2.38. The maximum Gasteiger partial charge on any atom is 0.416 e. The Labute approximate surface area is 154 Å². The van der Waals surface area contributed by atoms with Crippen LogP contribution in [0.1, 0.15) is 21.5 Å². The highest BCUT2D eigenvalue weighted by Gasteiger charge is 2.54. The van der Waals surface area contributed by atoms with Gasteiger partial charge in [-0.3, -0.25) is 4.79 Å². The predicted molar refractivity (Wildman–Crippen MR) is 90.5 cm³/mol. The van der Waals surface area contributed by atoms with Gasteiger partial charge >= 0.3 is 6.18 Å². The molecule has 2 aliphatic rings. The Bertz CT molecular complexity index is 970. The molecule has 0 saturated carbocycles. The number of hydrogen-bond donors (Lipinski definition) is 1. The van der Waals surface area contributed by atoms with Gasteiger partial charge in [-0.25, -0.2) is 0 Å². The molecular weight excluding hydrogens is 381 g/mol. The molecule has 1 unspecified atom stereocenters. The maximum absolute atomic E-state index is 12.9. The van der Waals surface area contributed by atoms with Crippen molar-refractivity contribution >= 4 is 16.3 Å². The molecule has 4 rings (SSSR count). The van der Waals surface area contributed by atoms with E-state index >= 15 is 0 Å². The summed E-state index contributed by atoms with van der Waals surface area (Å²) < 4.78 is 65.1. The van der Waals surface area contributed by atoms with Gasteiger partial charge in [0, 0.05) is 11.6 Å². The van der Waals surface area contributed by atoms with Crippen LogP contribution in [0.3, 0.4) is 0 Å². The van der Waals surface area contributed by atoms with E-state index < -0.39 is 32.6 Å². The highest BCUT2D eigenvalue weighted by molar-refractivity contribution is 7.95. The van der Waals surface area contributed by atoms with Crippen LogP contribution in [0, 0.1) is 0 Å². The minimum Gasteiger partial charge on any atom is -0.593 e. The van der Waals surface area contributed by atoms with Gasteiger partial charge < -0.3 is 9.87 Å². The van der Waals surface area contributed by atoms with E-state index in [1.807, 2.05) is 6.07 Å². The van der Waals surface area contributed by atoms with Crippen molar-refractivity contribution in [1.82, 2.24) is 9.62 Å². The molecular formula is C18H15F3N2O3S. The number of benzene rings is 2. The van der Waals surface area contributed by atoms with Crippen LogP contribution in [0.5, 0.6) is 0 Å². The van der Waals surface area contributed by atoms with E-state index in [2.05, 4.69) is 5.32 Å². The SMILES string of the molecule is O=C1NC2(Cc3ccccc31)CN([S+](=O)([O-])c1cccc(C(F)(F)F)c1)C2. The van der Waals surface area contributed by atoms with Gasteiger partial charge in [-0.2, -0.15) is 13.2 Å². The van der Waals surface area contributed by atoms with Crippen LogP contribution in [0.25, 0.3) is 0 Å². The molecule has 9 heteroatoms. The van der Waals surface area contributed by atoms with E-state index in [1.54, 1.807) is 18.2 Å². The van der Waals surface area contributed by atoms with Crippen molar-refractivity contribution in [3.63, 3.8) is 0 Å². The third kappa shape index (κ3) is 3.05. The monoisotopic (exact) mass is 396 g/mol. The first-order valence-corrected chi connectivity index (χ1v) is 9.63. The number of carbonyl (C=O) groups excluding carboxylic acids is 1. The molecule has 2 aromatic rings. The lowest BCUT2D eigenvalue weighted by Crippen LogP contribution is -2.74. The minimum atomic E-state index is -4.62. The molecule has 1 amide bonds. The number of carbonyl (C=O) groups is 1. The Morgan fingerprint density at radius 2 is 1.81 bits per heavy atom. The summed E-state index contributed by atoms with van der Waals surface area (Å²) in [6.45, 7) is 0.0390. The van der Waals surface area contributed by atoms with Crippen LogP contribution in [0.15, 0.2) is 53.4 Å². The maximum atomic E-state index is 12.9. The molecule has 1 atom stereocenters. The number of fused-ring (bicyclic) bond motifs is 1. The fraction of sp³-hybridized carbons (Fsp3) is 0.278. The first-order valence-electron chi connectivity index (χ1n) is 8.19. The average molecular weight is 396 g/mol. The largest absolute Gasteiger partial charge is 0.593 e. The van der Waals surface area contributed by atoms with E-state index in [9.17, 15) is 26.7 Å². The summed E-state index contributed by atoms with van der Waals surface area (Å²) >= 11 is 0. The van der Waals surface area contributed by atoms with Gasteiger partial charge in [0.05, 0.1) is 24.2 Å². The van der Waals surface area contributed by atoms with Crippen LogP contribution in [-0.2, 0) is 27.2 Å². The van der Waals surface area contributed by atoms with Gasteiger partial charge in [-0.1, -0.05) is 28.5 Å². The van der Waals surface area contributed by atoms with Crippen molar-refractivity contribution in [2.75, 3.05) is 13.1 Å². The molecule has 0 aromatic heterocycles. The second-order valence-corrected chi connectivity index (χ2v) is 8.81. The van der Waals surface area contributed by atoms with Crippen LogP contribution in [0.4, 0.5) is 13.2 Å². The first kappa shape index (κ1) is 18.1. The summed E-state index contributed by atoms with van der Waals surface area (Å²) in [5.74, 6) is -0.270. The Balaban J connectivity index is 1.56. The topological polar surface area (TPSA) is 72.5 Å². The molecule has 1 fully saturated rings. The van der Waals surface area contributed by atoms with E-state index in [4.69, 9.17) is 0 Å². The van der Waals surface area contributed by atoms with E-state index in [-0.39, 0.29) is 19.0 Å². The van der Waals surface area contributed by atoms with E-state index in [1.165, 1.54) is 0 Å². The number of nitrogens with one attached hydrogen (secondary N) is 1. The Kier molecular flexibility index (Phi) is 3.95. The van der Waals surface area contributed by atoms with Crippen molar-refractivity contribution in [2.45, 2.75) is 23.0 Å². The smallest absolute Gasteiger partial charge is 0.416 e. The van der Waals surface area contributed by atoms with Crippen molar-refractivity contribution in [1.29, 1.82) is 0 Å². The van der Waals surface area contributed by atoms with Gasteiger partial charge in [-0.15, -0.1) is 4.31 Å². The standard InChI is InChI=1S/C18H15F3N2O3S/c19-18(20,21)13-5-3-6-14(8-13)27(25,26)23-10-17(11-23)9-12-4-1-2-7-15(12)16(24)22-17/h1-8H,9-11H2,(H-,22,24,25,26). The van der Waals surface area contributed by atoms with Crippen LogP contribution in [-0.4, -0.2) is 33.4 Å². The number of alkyl halides is 3. The lowest BCUT2D eigenvalue weighted by Gasteiger charge is -2.51. The third-order valence-corrected chi connectivity index (χ3v) is 6.71. The number of amides is 1. The second-order valence-electron chi connectivity index (χ2n) is 6.87. The predicted octanol–water partition coefficient (Wildman–Crippen LogP) is 2.65. The molecule has 1 spiro atoms. The zero-order chi connectivity index (χ0) is 19.4. The Morgan fingerprint density at radius 3 is 2.52 bits per heavy atom. The number of hydrogen-bond acceptors (Lipinski definition) is 3. The quantitative estimate of drug-likeness (QED) is 0.794. The van der Waals surface area contributed by atoms with E-state index in [0.717, 1.165) is 28.1 Å². The fourth-order valence-corrected chi connectivity index (χ4v) is 5.24. The van der Waals surface area contributed by atoms with E-state index in [0.29, 0.717) is 18.1 Å². The third-order valence-electron chi connectivity index (χ3n) is 4.93. The number of sulfonamides is 1. The summed E-state index contributed by atoms with van der Waals surface area (Å²) in [6, 6.07) is 10.8. The van der Waals surface area contributed by atoms with Crippen LogP contribution in [0.2, 0.25) is 0 Å². The summed E-state index contributed by atoms with van der Waals surface area (Å²) in [4.78, 5) is 11.9. The van der Waals surface area contributed by atoms with Crippen LogP contribution < -0.4 is 5.32 Å². The second kappa shape index (κ2) is 5.88. The molecule has 0 radical (unpaired) electrons. The van der Waals surface area contributed by atoms with Crippen molar-refractivity contribution < 1.29 is 26.7 Å². The summed E-state index contributed by atoms with van der Waals surface area (Å²) in [6.07, 6.45) is -4.15. The summed E-state index contributed by atoms with van der Waals surface area (Å²) in [7, 11) is -4.07. The molecule has 2 heterocycles. The minimum absolute atomic E-state index is 0.0195. The highest BCUT2D eigenvalue weighted by atomic mass is 32.3. The molecule has 1 N–H and O–H groups in total. The number of rotatable bonds is 2. The Morgan fingerprint density at radius 1 is 1.11 bits per heavy atom. The zero-order valence-electron chi connectivity index (χ0n) is 14.0. The van der Waals surface area contributed by atoms with Gasteiger partial charge in [0.25, 0.3) is 5.91 Å². The number of nitrogens with zero attached hydrogens (tertiary/aromatic N) is 1.